The van der Waals surface area contributed by atoms with Gasteiger partial charge in [-0.15, -0.1) is 0 Å². The summed E-state index contributed by atoms with van der Waals surface area (Å²) in [5, 5.41) is 0.0786. The predicted octanol–water partition coefficient (Wildman–Crippen LogP) is 3.89. The minimum Gasteiger partial charge on any atom is -0.317 e. The highest BCUT2D eigenvalue weighted by atomic mass is 19.2. The summed E-state index contributed by atoms with van der Waals surface area (Å²) in [5.41, 5.74) is -0.747. The number of aromatic amines is 1. The smallest absolute Gasteiger partial charge is 0.284 e. The molecule has 0 aliphatic rings. The fraction of sp³-hybridized carbons (Fsp3) is 0.300. The van der Waals surface area contributed by atoms with Gasteiger partial charge >= 0.3 is 0 Å². The lowest BCUT2D eigenvalue weighted by atomic mass is 9.97. The zero-order valence-electron chi connectivity index (χ0n) is 16.0. The number of hydrogen-bond acceptors (Lipinski definition) is 4. The molecule has 150 valence electrons. The van der Waals surface area contributed by atoms with Gasteiger partial charge in [-0.3, -0.25) is 4.79 Å². The summed E-state index contributed by atoms with van der Waals surface area (Å²) in [4.78, 5) is 27.2. The van der Waals surface area contributed by atoms with E-state index in [-0.39, 0.29) is 34.8 Å². The third-order valence-corrected chi connectivity index (χ3v) is 5.26. The van der Waals surface area contributed by atoms with Gasteiger partial charge in [0, 0.05) is 29.3 Å². The number of hydrogen-bond donors (Lipinski definition) is 1. The molecule has 29 heavy (non-hydrogen) atoms. The van der Waals surface area contributed by atoms with Gasteiger partial charge in [-0.25, -0.2) is 28.1 Å². The van der Waals surface area contributed by atoms with E-state index in [1.165, 1.54) is 18.5 Å². The van der Waals surface area contributed by atoms with Gasteiger partial charge in [0.15, 0.2) is 28.7 Å². The molecule has 1 unspecified atom stereocenters. The Morgan fingerprint density at radius 1 is 1.07 bits per heavy atom. The molecule has 0 fully saturated rings. The van der Waals surface area contributed by atoms with E-state index in [9.17, 15) is 18.0 Å². The van der Waals surface area contributed by atoms with Crippen molar-refractivity contribution in [2.45, 2.75) is 33.2 Å². The van der Waals surface area contributed by atoms with Gasteiger partial charge in [0.1, 0.15) is 5.82 Å². The number of H-pyrrole nitrogens is 1. The summed E-state index contributed by atoms with van der Waals surface area (Å²) in [6.45, 7) is 5.90. The largest absolute Gasteiger partial charge is 0.317 e. The Hall–Kier alpha value is -3.23. The lowest BCUT2D eigenvalue weighted by molar-refractivity contribution is 0.490. The van der Waals surface area contributed by atoms with Crippen molar-refractivity contribution >= 4 is 22.2 Å². The third kappa shape index (κ3) is 3.06. The zero-order valence-corrected chi connectivity index (χ0v) is 16.0. The van der Waals surface area contributed by atoms with E-state index in [1.807, 2.05) is 20.8 Å². The number of nitrogens with zero attached hydrogens (tertiary/aromatic N) is 4. The number of fused-ring (bicyclic) bond motifs is 2. The molecule has 1 N–H and O–H groups in total. The molecule has 3 heterocycles. The number of pyridine rings is 1. The second kappa shape index (κ2) is 6.98. The summed E-state index contributed by atoms with van der Waals surface area (Å²) in [6.07, 6.45) is 3.00. The van der Waals surface area contributed by atoms with Crippen molar-refractivity contribution in [3.8, 4) is 0 Å². The Bertz CT molecular complexity index is 1290. The van der Waals surface area contributed by atoms with Crippen molar-refractivity contribution in [3.63, 3.8) is 0 Å². The monoisotopic (exact) mass is 401 g/mol. The summed E-state index contributed by atoms with van der Waals surface area (Å²) < 4.78 is 44.3. The average molecular weight is 401 g/mol. The highest BCUT2D eigenvalue weighted by molar-refractivity contribution is 5.83. The van der Waals surface area contributed by atoms with E-state index >= 15 is 0 Å². The molecule has 1 aromatic carbocycles. The average Bonchev–Trinajstić information content (AvgIpc) is 3.06. The van der Waals surface area contributed by atoms with Crippen LogP contribution < -0.4 is 5.56 Å². The lowest BCUT2D eigenvalue weighted by Crippen LogP contribution is -2.19. The highest BCUT2D eigenvalue weighted by Crippen LogP contribution is 2.29. The third-order valence-electron chi connectivity index (χ3n) is 5.26. The summed E-state index contributed by atoms with van der Waals surface area (Å²) in [7, 11) is 0. The van der Waals surface area contributed by atoms with Gasteiger partial charge in [-0.1, -0.05) is 20.8 Å². The Morgan fingerprint density at radius 3 is 2.52 bits per heavy atom. The van der Waals surface area contributed by atoms with Crippen molar-refractivity contribution in [3.05, 3.63) is 63.7 Å². The molecule has 9 heteroatoms. The SMILES string of the molecule is CC(C)C(C)c1nc2nccnc2n1Cc1c(F)c(=O)[nH]c2c(F)c(F)ccc12. The van der Waals surface area contributed by atoms with Crippen molar-refractivity contribution in [2.24, 2.45) is 5.92 Å². The van der Waals surface area contributed by atoms with Crippen LogP contribution >= 0.6 is 0 Å². The van der Waals surface area contributed by atoms with Crippen molar-refractivity contribution in [2.75, 3.05) is 0 Å². The van der Waals surface area contributed by atoms with Crippen LogP contribution in [0.4, 0.5) is 13.2 Å². The second-order valence-corrected chi connectivity index (χ2v) is 7.32. The summed E-state index contributed by atoms with van der Waals surface area (Å²) >= 11 is 0. The maximum atomic E-state index is 14.8. The first-order chi connectivity index (χ1) is 13.8. The van der Waals surface area contributed by atoms with Crippen LogP contribution in [0.1, 0.15) is 38.1 Å². The fourth-order valence-electron chi connectivity index (χ4n) is 3.33. The Kier molecular flexibility index (Phi) is 4.60. The molecule has 0 aliphatic heterocycles. The highest BCUT2D eigenvalue weighted by Gasteiger charge is 2.24. The lowest BCUT2D eigenvalue weighted by Gasteiger charge is -2.18. The molecule has 0 saturated carbocycles. The number of halogens is 3. The molecule has 4 rings (SSSR count). The molecule has 0 radical (unpaired) electrons. The molecule has 0 amide bonds. The maximum Gasteiger partial charge on any atom is 0.284 e. The van der Waals surface area contributed by atoms with Gasteiger partial charge in [0.05, 0.1) is 12.1 Å². The number of benzene rings is 1. The van der Waals surface area contributed by atoms with E-state index in [2.05, 4.69) is 19.9 Å². The van der Waals surface area contributed by atoms with Gasteiger partial charge in [-0.05, 0) is 18.1 Å². The Balaban J connectivity index is 2.00. The standard InChI is InChI=1S/C20H18F3N5O/c1-9(2)10(3)18-27-17-19(25-7-6-24-17)28(18)8-12-11-4-5-13(21)15(23)16(11)26-20(29)14(12)22/h4-7,9-10H,8H2,1-3H3,(H,26,29). The van der Waals surface area contributed by atoms with E-state index in [0.29, 0.717) is 17.1 Å². The number of aromatic nitrogens is 5. The van der Waals surface area contributed by atoms with Crippen LogP contribution in [0.15, 0.2) is 29.3 Å². The number of imidazole rings is 1. The van der Waals surface area contributed by atoms with Crippen LogP contribution in [-0.2, 0) is 6.54 Å². The van der Waals surface area contributed by atoms with Crippen LogP contribution in [0.3, 0.4) is 0 Å². The Labute approximate surface area is 163 Å². The predicted molar refractivity (Wildman–Crippen MR) is 102 cm³/mol. The molecular weight excluding hydrogens is 383 g/mol. The summed E-state index contributed by atoms with van der Waals surface area (Å²) in [5.74, 6) is -2.59. The molecular formula is C20H18F3N5O. The normalized spacial score (nSPS) is 12.9. The van der Waals surface area contributed by atoms with Crippen LogP contribution in [-0.4, -0.2) is 24.5 Å². The van der Waals surface area contributed by atoms with Crippen LogP contribution in [0.25, 0.3) is 22.2 Å². The molecule has 4 aromatic rings. The molecule has 1 atom stereocenters. The number of rotatable bonds is 4. The molecule has 6 nitrogen and oxygen atoms in total. The first-order valence-corrected chi connectivity index (χ1v) is 9.15. The minimum absolute atomic E-state index is 0.0171. The minimum atomic E-state index is -1.23. The second-order valence-electron chi connectivity index (χ2n) is 7.32. The van der Waals surface area contributed by atoms with E-state index in [0.717, 1.165) is 6.07 Å². The van der Waals surface area contributed by atoms with Crippen LogP contribution in [0.2, 0.25) is 0 Å². The molecule has 3 aromatic heterocycles. The topological polar surface area (TPSA) is 76.5 Å². The van der Waals surface area contributed by atoms with Crippen molar-refractivity contribution < 1.29 is 13.2 Å². The molecule has 0 bridgehead atoms. The molecule has 0 aliphatic carbocycles. The van der Waals surface area contributed by atoms with Crippen LogP contribution in [0.5, 0.6) is 0 Å². The number of nitrogens with one attached hydrogen (secondary N) is 1. The first-order valence-electron chi connectivity index (χ1n) is 9.15. The van der Waals surface area contributed by atoms with Crippen LogP contribution in [0, 0.1) is 23.4 Å². The van der Waals surface area contributed by atoms with Gasteiger partial charge < -0.3 is 9.55 Å². The molecule has 0 saturated heterocycles. The van der Waals surface area contributed by atoms with Crippen molar-refractivity contribution in [1.29, 1.82) is 0 Å². The van der Waals surface area contributed by atoms with Gasteiger partial charge in [0.2, 0.25) is 0 Å². The zero-order chi connectivity index (χ0) is 20.9. The van der Waals surface area contributed by atoms with E-state index < -0.39 is 23.0 Å². The maximum absolute atomic E-state index is 14.8. The quantitative estimate of drug-likeness (QED) is 0.563. The van der Waals surface area contributed by atoms with E-state index in [1.54, 1.807) is 4.57 Å². The Morgan fingerprint density at radius 2 is 1.79 bits per heavy atom. The van der Waals surface area contributed by atoms with Gasteiger partial charge in [-0.2, -0.15) is 0 Å². The summed E-state index contributed by atoms with van der Waals surface area (Å²) in [6, 6.07) is 2.15. The fourth-order valence-corrected chi connectivity index (χ4v) is 3.33. The first kappa shape index (κ1) is 19.1. The molecule has 0 spiro atoms. The van der Waals surface area contributed by atoms with E-state index in [4.69, 9.17) is 0 Å². The van der Waals surface area contributed by atoms with Crippen molar-refractivity contribution in [1.82, 2.24) is 24.5 Å². The van der Waals surface area contributed by atoms with Gasteiger partial charge in [0.25, 0.3) is 5.56 Å².